The zero-order valence-corrected chi connectivity index (χ0v) is 13.8. The van der Waals surface area contributed by atoms with Crippen molar-refractivity contribution >= 4 is 17.7 Å². The number of carbonyl (C=O) groups excluding carboxylic acids is 1. The Morgan fingerprint density at radius 3 is 2.68 bits per heavy atom. The van der Waals surface area contributed by atoms with Crippen LogP contribution in [-0.4, -0.2) is 40.0 Å². The van der Waals surface area contributed by atoms with Gasteiger partial charge in [-0.05, 0) is 36.6 Å². The fraction of sp³-hybridized carbons (Fsp3) is 0.333. The summed E-state index contributed by atoms with van der Waals surface area (Å²) in [4.78, 5) is 33.6. The number of pyridine rings is 2. The zero-order valence-electron chi connectivity index (χ0n) is 13.8. The first-order chi connectivity index (χ1) is 12.1. The first kappa shape index (κ1) is 16.9. The Balaban J connectivity index is 1.52. The first-order valence-corrected chi connectivity index (χ1v) is 8.25. The van der Waals surface area contributed by atoms with Crippen LogP contribution in [0.2, 0.25) is 0 Å². The number of carbonyl (C=O) groups is 2. The summed E-state index contributed by atoms with van der Waals surface area (Å²) in [5.74, 6) is -0.369. The van der Waals surface area contributed by atoms with Crippen LogP contribution in [0.15, 0.2) is 42.7 Å². The molecular weight excluding hydrogens is 320 g/mol. The van der Waals surface area contributed by atoms with E-state index < -0.39 is 5.97 Å². The predicted octanol–water partition coefficient (Wildman–Crippen LogP) is 1.71. The van der Waals surface area contributed by atoms with Crippen LogP contribution in [0.25, 0.3) is 0 Å². The van der Waals surface area contributed by atoms with Gasteiger partial charge < -0.3 is 15.3 Å². The summed E-state index contributed by atoms with van der Waals surface area (Å²) in [6, 6.07) is 8.74. The van der Waals surface area contributed by atoms with Crippen LogP contribution >= 0.6 is 0 Å². The van der Waals surface area contributed by atoms with Crippen molar-refractivity contribution in [3.05, 3.63) is 54.0 Å². The molecule has 0 spiro atoms. The largest absolute Gasteiger partial charge is 0.477 e. The van der Waals surface area contributed by atoms with Crippen molar-refractivity contribution in [3.8, 4) is 0 Å². The molecule has 2 aromatic rings. The van der Waals surface area contributed by atoms with E-state index >= 15 is 0 Å². The topological polar surface area (TPSA) is 95.4 Å². The van der Waals surface area contributed by atoms with Crippen LogP contribution in [0, 0.1) is 5.92 Å². The fourth-order valence-corrected chi connectivity index (χ4v) is 2.93. The van der Waals surface area contributed by atoms with Crippen LogP contribution in [0.3, 0.4) is 0 Å². The van der Waals surface area contributed by atoms with Gasteiger partial charge in [-0.25, -0.2) is 9.78 Å². The van der Waals surface area contributed by atoms with Gasteiger partial charge in [0.05, 0.1) is 0 Å². The lowest BCUT2D eigenvalue weighted by Gasteiger charge is -2.32. The lowest BCUT2D eigenvalue weighted by molar-refractivity contribution is -0.125. The maximum absolute atomic E-state index is 12.3. The molecule has 1 fully saturated rings. The van der Waals surface area contributed by atoms with E-state index in [1.807, 2.05) is 17.0 Å². The number of hydrogen-bond donors (Lipinski definition) is 2. The van der Waals surface area contributed by atoms with E-state index in [0.717, 1.165) is 18.4 Å². The predicted molar refractivity (Wildman–Crippen MR) is 92.2 cm³/mol. The van der Waals surface area contributed by atoms with Gasteiger partial charge in [-0.3, -0.25) is 9.78 Å². The molecule has 0 saturated carbocycles. The van der Waals surface area contributed by atoms with E-state index in [1.54, 1.807) is 24.5 Å². The van der Waals surface area contributed by atoms with Gasteiger partial charge in [-0.15, -0.1) is 0 Å². The highest BCUT2D eigenvalue weighted by Crippen LogP contribution is 2.22. The average molecular weight is 340 g/mol. The van der Waals surface area contributed by atoms with Crippen LogP contribution in [0.1, 0.15) is 28.9 Å². The number of anilines is 1. The van der Waals surface area contributed by atoms with Crippen LogP contribution in [0.4, 0.5) is 5.82 Å². The summed E-state index contributed by atoms with van der Waals surface area (Å²) < 4.78 is 0. The van der Waals surface area contributed by atoms with Gasteiger partial charge in [0.2, 0.25) is 5.91 Å². The number of aromatic nitrogens is 2. The molecule has 0 aliphatic carbocycles. The summed E-state index contributed by atoms with van der Waals surface area (Å²) >= 11 is 0. The lowest BCUT2D eigenvalue weighted by atomic mass is 9.96. The van der Waals surface area contributed by atoms with E-state index in [2.05, 4.69) is 15.3 Å². The normalized spacial score (nSPS) is 15.0. The third-order valence-electron chi connectivity index (χ3n) is 4.33. The van der Waals surface area contributed by atoms with E-state index in [0.29, 0.717) is 25.5 Å². The van der Waals surface area contributed by atoms with Crippen LogP contribution < -0.4 is 10.2 Å². The molecule has 25 heavy (non-hydrogen) atoms. The van der Waals surface area contributed by atoms with Gasteiger partial charge in [0, 0.05) is 37.9 Å². The molecule has 3 heterocycles. The molecule has 7 heteroatoms. The summed E-state index contributed by atoms with van der Waals surface area (Å²) in [6.45, 7) is 1.84. The summed E-state index contributed by atoms with van der Waals surface area (Å²) in [5, 5.41) is 12.0. The van der Waals surface area contributed by atoms with Gasteiger partial charge in [0.1, 0.15) is 5.82 Å². The SMILES string of the molecule is O=C(O)c1cccc(N2CCC(C(=O)NCc3cccnc3)CC2)n1. The molecule has 0 aromatic carbocycles. The molecule has 130 valence electrons. The number of nitrogens with zero attached hydrogens (tertiary/aromatic N) is 3. The van der Waals surface area contributed by atoms with E-state index in [1.165, 1.54) is 6.07 Å². The quantitative estimate of drug-likeness (QED) is 0.860. The van der Waals surface area contributed by atoms with E-state index in [-0.39, 0.29) is 17.5 Å². The number of piperidine rings is 1. The van der Waals surface area contributed by atoms with Gasteiger partial charge in [-0.1, -0.05) is 12.1 Å². The summed E-state index contributed by atoms with van der Waals surface area (Å²) in [5.41, 5.74) is 1.01. The van der Waals surface area contributed by atoms with Gasteiger partial charge in [0.15, 0.2) is 5.69 Å². The number of rotatable bonds is 5. The van der Waals surface area contributed by atoms with Crippen molar-refractivity contribution < 1.29 is 14.7 Å². The molecule has 1 aliphatic heterocycles. The standard InChI is InChI=1S/C18H20N4O3/c23-17(20-12-13-3-2-8-19-11-13)14-6-9-22(10-7-14)16-5-1-4-15(21-16)18(24)25/h1-5,8,11,14H,6-7,9-10,12H2,(H,20,23)(H,24,25). The highest BCUT2D eigenvalue weighted by Gasteiger charge is 2.25. The van der Waals surface area contributed by atoms with Gasteiger partial charge >= 0.3 is 5.97 Å². The zero-order chi connectivity index (χ0) is 17.6. The number of amides is 1. The van der Waals surface area contributed by atoms with Crippen molar-refractivity contribution in [1.82, 2.24) is 15.3 Å². The van der Waals surface area contributed by atoms with Crippen LogP contribution in [-0.2, 0) is 11.3 Å². The van der Waals surface area contributed by atoms with E-state index in [4.69, 9.17) is 5.11 Å². The highest BCUT2D eigenvalue weighted by molar-refractivity contribution is 5.85. The molecule has 0 radical (unpaired) electrons. The minimum atomic E-state index is -1.04. The number of hydrogen-bond acceptors (Lipinski definition) is 5. The first-order valence-electron chi connectivity index (χ1n) is 8.25. The molecule has 7 nitrogen and oxygen atoms in total. The molecule has 2 aromatic heterocycles. The molecule has 1 aliphatic rings. The Labute approximate surface area is 145 Å². The summed E-state index contributed by atoms with van der Waals surface area (Å²) in [6.07, 6.45) is 4.88. The van der Waals surface area contributed by atoms with Crippen LogP contribution in [0.5, 0.6) is 0 Å². The van der Waals surface area contributed by atoms with Crippen molar-refractivity contribution in [3.63, 3.8) is 0 Å². The number of carboxylic acids is 1. The Bertz CT molecular complexity index is 743. The maximum Gasteiger partial charge on any atom is 0.354 e. The average Bonchev–Trinajstić information content (AvgIpc) is 2.67. The third kappa shape index (κ3) is 4.32. The minimum absolute atomic E-state index is 0.0319. The smallest absolute Gasteiger partial charge is 0.354 e. The lowest BCUT2D eigenvalue weighted by Crippen LogP contribution is -2.40. The second-order valence-corrected chi connectivity index (χ2v) is 6.03. The molecule has 0 unspecified atom stereocenters. The van der Waals surface area contributed by atoms with Crippen molar-refractivity contribution in [2.24, 2.45) is 5.92 Å². The van der Waals surface area contributed by atoms with Gasteiger partial charge in [-0.2, -0.15) is 0 Å². The Hall–Kier alpha value is -2.96. The second kappa shape index (κ2) is 7.74. The summed E-state index contributed by atoms with van der Waals surface area (Å²) in [7, 11) is 0. The van der Waals surface area contributed by atoms with Crippen molar-refractivity contribution in [1.29, 1.82) is 0 Å². The molecule has 0 atom stereocenters. The fourth-order valence-electron chi connectivity index (χ4n) is 2.93. The third-order valence-corrected chi connectivity index (χ3v) is 4.33. The minimum Gasteiger partial charge on any atom is -0.477 e. The molecule has 1 saturated heterocycles. The second-order valence-electron chi connectivity index (χ2n) is 6.03. The van der Waals surface area contributed by atoms with E-state index in [9.17, 15) is 9.59 Å². The Morgan fingerprint density at radius 1 is 1.20 bits per heavy atom. The Kier molecular flexibility index (Phi) is 5.23. The van der Waals surface area contributed by atoms with Crippen molar-refractivity contribution in [2.75, 3.05) is 18.0 Å². The number of nitrogens with one attached hydrogen (secondary N) is 1. The number of carboxylic acid groups (broad SMARTS) is 1. The Morgan fingerprint density at radius 2 is 2.00 bits per heavy atom. The maximum atomic E-state index is 12.3. The monoisotopic (exact) mass is 340 g/mol. The highest BCUT2D eigenvalue weighted by atomic mass is 16.4. The molecular formula is C18H20N4O3. The molecule has 0 bridgehead atoms. The van der Waals surface area contributed by atoms with Crippen molar-refractivity contribution in [2.45, 2.75) is 19.4 Å². The number of aromatic carboxylic acids is 1. The van der Waals surface area contributed by atoms with Gasteiger partial charge in [0.25, 0.3) is 0 Å². The molecule has 2 N–H and O–H groups in total. The molecule has 1 amide bonds. The molecule has 3 rings (SSSR count).